The highest BCUT2D eigenvalue weighted by atomic mass is 16.2. The van der Waals surface area contributed by atoms with Crippen molar-refractivity contribution < 1.29 is 9.59 Å². The zero-order chi connectivity index (χ0) is 23.1. The van der Waals surface area contributed by atoms with Gasteiger partial charge in [-0.3, -0.25) is 14.0 Å². The minimum atomic E-state index is -0.0165. The number of amides is 1. The minimum absolute atomic E-state index is 0.0165. The standard InChI is InChI=1S/C27H25N5O2/c33-25(13-17-9-10-28-15-17)18-1-4-21(5-2-18)31-23-7-8-24(32-12-11-29-26(23)32)19-3-6-22-20(14-19)16-30-27(22)34/h1-8,11-12,14,17,28,31H,9-10,13,15-16H2,(H,30,34). The lowest BCUT2D eigenvalue weighted by Crippen LogP contribution is -2.12. The summed E-state index contributed by atoms with van der Waals surface area (Å²) in [7, 11) is 0. The summed E-state index contributed by atoms with van der Waals surface area (Å²) < 4.78 is 2.04. The van der Waals surface area contributed by atoms with Crippen molar-refractivity contribution in [2.24, 2.45) is 5.92 Å². The van der Waals surface area contributed by atoms with Gasteiger partial charge >= 0.3 is 0 Å². The molecule has 2 aliphatic rings. The first-order valence-electron chi connectivity index (χ1n) is 11.6. The number of pyridine rings is 1. The van der Waals surface area contributed by atoms with Gasteiger partial charge in [0.15, 0.2) is 11.4 Å². The van der Waals surface area contributed by atoms with E-state index >= 15 is 0 Å². The van der Waals surface area contributed by atoms with Gasteiger partial charge in [-0.25, -0.2) is 4.98 Å². The predicted molar refractivity (Wildman–Crippen MR) is 131 cm³/mol. The van der Waals surface area contributed by atoms with Crippen LogP contribution < -0.4 is 16.0 Å². The average molecular weight is 452 g/mol. The zero-order valence-corrected chi connectivity index (χ0v) is 18.7. The Morgan fingerprint density at radius 2 is 2.00 bits per heavy atom. The summed E-state index contributed by atoms with van der Waals surface area (Å²) in [6, 6.07) is 17.7. The molecule has 3 N–H and O–H groups in total. The normalized spacial score (nSPS) is 17.1. The molecule has 1 fully saturated rings. The number of hydrogen-bond donors (Lipinski definition) is 3. The second kappa shape index (κ2) is 8.43. The number of carbonyl (C=O) groups excluding carboxylic acids is 2. The maximum atomic E-state index is 12.6. The Balaban J connectivity index is 1.24. The summed E-state index contributed by atoms with van der Waals surface area (Å²) in [4.78, 5) is 29.0. The fourth-order valence-electron chi connectivity index (χ4n) is 4.90. The number of rotatable bonds is 6. The fourth-order valence-corrected chi connectivity index (χ4v) is 4.90. The van der Waals surface area contributed by atoms with Gasteiger partial charge < -0.3 is 16.0 Å². The summed E-state index contributed by atoms with van der Waals surface area (Å²) in [5, 5.41) is 9.63. The lowest BCUT2D eigenvalue weighted by Gasteiger charge is -2.13. The number of hydrogen-bond acceptors (Lipinski definition) is 5. The Labute approximate surface area is 197 Å². The molecule has 34 heavy (non-hydrogen) atoms. The molecule has 170 valence electrons. The molecular formula is C27H25N5O2. The molecule has 1 unspecified atom stereocenters. The van der Waals surface area contributed by atoms with Gasteiger partial charge in [0.05, 0.1) is 11.4 Å². The number of aromatic nitrogens is 2. The van der Waals surface area contributed by atoms with Crippen molar-refractivity contribution in [3.05, 3.63) is 83.7 Å². The molecule has 4 heterocycles. The van der Waals surface area contributed by atoms with E-state index in [0.717, 1.165) is 64.5 Å². The van der Waals surface area contributed by atoms with Crippen molar-refractivity contribution in [2.45, 2.75) is 19.4 Å². The van der Waals surface area contributed by atoms with Gasteiger partial charge in [-0.05, 0) is 85.1 Å². The smallest absolute Gasteiger partial charge is 0.251 e. The van der Waals surface area contributed by atoms with Crippen LogP contribution in [0, 0.1) is 5.92 Å². The van der Waals surface area contributed by atoms with Crippen LogP contribution in [0.25, 0.3) is 16.9 Å². The number of fused-ring (bicyclic) bond motifs is 2. The molecule has 1 saturated heterocycles. The topological polar surface area (TPSA) is 87.5 Å². The van der Waals surface area contributed by atoms with Crippen molar-refractivity contribution in [3.63, 3.8) is 0 Å². The van der Waals surface area contributed by atoms with Crippen molar-refractivity contribution in [1.29, 1.82) is 0 Å². The van der Waals surface area contributed by atoms with E-state index in [4.69, 9.17) is 0 Å². The van der Waals surface area contributed by atoms with E-state index in [9.17, 15) is 9.59 Å². The lowest BCUT2D eigenvalue weighted by atomic mass is 9.97. The van der Waals surface area contributed by atoms with E-state index < -0.39 is 0 Å². The van der Waals surface area contributed by atoms with Gasteiger partial charge in [0, 0.05) is 42.2 Å². The minimum Gasteiger partial charge on any atom is -0.352 e. The average Bonchev–Trinajstić information content (AvgIpc) is 3.62. The first kappa shape index (κ1) is 20.6. The third-order valence-corrected chi connectivity index (χ3v) is 6.76. The summed E-state index contributed by atoms with van der Waals surface area (Å²) in [6.45, 7) is 2.50. The van der Waals surface area contributed by atoms with Crippen LogP contribution in [0.15, 0.2) is 67.0 Å². The van der Waals surface area contributed by atoms with E-state index in [1.165, 1.54) is 0 Å². The molecule has 1 atom stereocenters. The monoisotopic (exact) mass is 451 g/mol. The molecule has 0 aliphatic carbocycles. The van der Waals surface area contributed by atoms with Crippen LogP contribution in [0.3, 0.4) is 0 Å². The van der Waals surface area contributed by atoms with Crippen molar-refractivity contribution in [1.82, 2.24) is 20.0 Å². The van der Waals surface area contributed by atoms with Crippen LogP contribution in [0.5, 0.6) is 0 Å². The molecule has 0 bridgehead atoms. The van der Waals surface area contributed by atoms with E-state index in [1.807, 2.05) is 53.1 Å². The number of nitrogens with zero attached hydrogens (tertiary/aromatic N) is 2. The highest BCUT2D eigenvalue weighted by molar-refractivity contribution is 5.99. The van der Waals surface area contributed by atoms with Crippen LogP contribution >= 0.6 is 0 Å². The molecule has 2 aromatic heterocycles. The summed E-state index contributed by atoms with van der Waals surface area (Å²) in [5.41, 5.74) is 7.13. The molecule has 6 rings (SSSR count). The maximum Gasteiger partial charge on any atom is 0.251 e. The van der Waals surface area contributed by atoms with Crippen molar-refractivity contribution in [3.8, 4) is 11.3 Å². The number of nitrogens with one attached hydrogen (secondary N) is 3. The molecule has 2 aliphatic heterocycles. The summed E-state index contributed by atoms with van der Waals surface area (Å²) in [6.07, 6.45) is 5.39. The van der Waals surface area contributed by atoms with Gasteiger partial charge in [-0.1, -0.05) is 6.07 Å². The van der Waals surface area contributed by atoms with Crippen LogP contribution in [0.2, 0.25) is 0 Å². The summed E-state index contributed by atoms with van der Waals surface area (Å²) >= 11 is 0. The quantitative estimate of drug-likeness (QED) is 0.383. The Morgan fingerprint density at radius 3 is 2.82 bits per heavy atom. The van der Waals surface area contributed by atoms with Gasteiger partial charge in [-0.2, -0.15) is 0 Å². The molecule has 4 aromatic rings. The van der Waals surface area contributed by atoms with Crippen LogP contribution in [-0.2, 0) is 6.54 Å². The molecule has 0 spiro atoms. The molecule has 7 heteroatoms. The highest BCUT2D eigenvalue weighted by Crippen LogP contribution is 2.30. The van der Waals surface area contributed by atoms with Gasteiger partial charge in [0.2, 0.25) is 0 Å². The lowest BCUT2D eigenvalue weighted by molar-refractivity contribution is 0.0957. The second-order valence-corrected chi connectivity index (χ2v) is 9.00. The van der Waals surface area contributed by atoms with E-state index in [-0.39, 0.29) is 11.7 Å². The molecule has 0 radical (unpaired) electrons. The Morgan fingerprint density at radius 1 is 1.12 bits per heavy atom. The number of benzene rings is 2. The molecule has 0 saturated carbocycles. The number of ketones is 1. The van der Waals surface area contributed by atoms with E-state index in [1.54, 1.807) is 6.20 Å². The largest absolute Gasteiger partial charge is 0.352 e. The summed E-state index contributed by atoms with van der Waals surface area (Å²) in [5.74, 6) is 0.628. The molecule has 1 amide bonds. The first-order valence-corrected chi connectivity index (χ1v) is 11.6. The van der Waals surface area contributed by atoms with Crippen molar-refractivity contribution >= 4 is 28.7 Å². The zero-order valence-electron chi connectivity index (χ0n) is 18.7. The van der Waals surface area contributed by atoms with Gasteiger partial charge in [0.25, 0.3) is 5.91 Å². The van der Waals surface area contributed by atoms with E-state index in [2.05, 4.69) is 33.1 Å². The predicted octanol–water partition coefficient (Wildman–Crippen LogP) is 4.17. The number of imidazole rings is 1. The Bertz CT molecular complexity index is 1400. The van der Waals surface area contributed by atoms with Crippen LogP contribution in [0.4, 0.5) is 11.4 Å². The van der Waals surface area contributed by atoms with Gasteiger partial charge in [0.1, 0.15) is 0 Å². The van der Waals surface area contributed by atoms with Crippen molar-refractivity contribution in [2.75, 3.05) is 18.4 Å². The van der Waals surface area contributed by atoms with Gasteiger partial charge in [-0.15, -0.1) is 0 Å². The first-order chi connectivity index (χ1) is 16.7. The highest BCUT2D eigenvalue weighted by Gasteiger charge is 2.20. The molecule has 2 aromatic carbocycles. The second-order valence-electron chi connectivity index (χ2n) is 9.00. The molecular weight excluding hydrogens is 426 g/mol. The Hall–Kier alpha value is -3.97. The number of Topliss-reactive ketones (excluding diaryl/α,β-unsaturated/α-hetero) is 1. The third-order valence-electron chi connectivity index (χ3n) is 6.76. The number of anilines is 2. The Kier molecular flexibility index (Phi) is 5.11. The SMILES string of the molecule is O=C(CC1CCNC1)c1ccc(Nc2ccc(-c3ccc4c(c3)CNC4=O)n3ccnc23)cc1. The fraction of sp³-hybridized carbons (Fsp3) is 0.222. The van der Waals surface area contributed by atoms with Crippen LogP contribution in [0.1, 0.15) is 39.1 Å². The third kappa shape index (κ3) is 3.74. The molecule has 7 nitrogen and oxygen atoms in total. The van der Waals surface area contributed by atoms with Crippen LogP contribution in [-0.4, -0.2) is 34.2 Å². The number of carbonyl (C=O) groups is 2. The maximum absolute atomic E-state index is 12.6. The van der Waals surface area contributed by atoms with E-state index in [0.29, 0.717) is 18.9 Å².